The van der Waals surface area contributed by atoms with Gasteiger partial charge in [-0.3, -0.25) is 0 Å². The smallest absolute Gasteiger partial charge is 0.137 e. The van der Waals surface area contributed by atoms with Gasteiger partial charge in [-0.2, -0.15) is 0 Å². The van der Waals surface area contributed by atoms with Crippen LogP contribution >= 0.6 is 0 Å². The molecule has 2 aromatic rings. The van der Waals surface area contributed by atoms with Crippen molar-refractivity contribution in [2.45, 2.75) is 20.4 Å². The van der Waals surface area contributed by atoms with Gasteiger partial charge in [0, 0.05) is 24.7 Å². The summed E-state index contributed by atoms with van der Waals surface area (Å²) < 4.78 is 5.27. The van der Waals surface area contributed by atoms with Crippen LogP contribution in [0, 0.1) is 13.8 Å². The molecular formula is C12H16N4O. The molecule has 0 atom stereocenters. The Labute approximate surface area is 100 Å². The summed E-state index contributed by atoms with van der Waals surface area (Å²) in [5.74, 6) is 2.29. The van der Waals surface area contributed by atoms with Gasteiger partial charge in [0.25, 0.3) is 0 Å². The van der Waals surface area contributed by atoms with Gasteiger partial charge in [0.1, 0.15) is 23.7 Å². The van der Waals surface area contributed by atoms with Gasteiger partial charge in [0.15, 0.2) is 0 Å². The van der Waals surface area contributed by atoms with E-state index < -0.39 is 0 Å². The number of hydrogen-bond donors (Lipinski definition) is 1. The van der Waals surface area contributed by atoms with Crippen molar-refractivity contribution >= 4 is 11.6 Å². The minimum Gasteiger partial charge on any atom is -0.469 e. The van der Waals surface area contributed by atoms with E-state index in [0.717, 1.165) is 29.2 Å². The molecule has 0 saturated heterocycles. The van der Waals surface area contributed by atoms with Crippen LogP contribution in [0.5, 0.6) is 0 Å². The largest absolute Gasteiger partial charge is 0.469 e. The van der Waals surface area contributed by atoms with Crippen LogP contribution in [-0.2, 0) is 6.54 Å². The Bertz CT molecular complexity index is 521. The van der Waals surface area contributed by atoms with Gasteiger partial charge in [-0.25, -0.2) is 9.97 Å². The first-order chi connectivity index (χ1) is 8.09. The van der Waals surface area contributed by atoms with Crippen molar-refractivity contribution in [2.75, 3.05) is 17.7 Å². The lowest BCUT2D eigenvalue weighted by Gasteiger charge is -2.19. The molecule has 0 aliphatic heterocycles. The predicted molar refractivity (Wildman–Crippen MR) is 66.7 cm³/mol. The van der Waals surface area contributed by atoms with E-state index >= 15 is 0 Å². The maximum Gasteiger partial charge on any atom is 0.137 e. The van der Waals surface area contributed by atoms with Gasteiger partial charge < -0.3 is 15.1 Å². The van der Waals surface area contributed by atoms with Gasteiger partial charge in [0.2, 0.25) is 0 Å². The van der Waals surface area contributed by atoms with Crippen LogP contribution in [0.2, 0.25) is 0 Å². The van der Waals surface area contributed by atoms with E-state index in [2.05, 4.69) is 9.97 Å². The Kier molecular flexibility index (Phi) is 2.99. The van der Waals surface area contributed by atoms with E-state index in [1.165, 1.54) is 6.33 Å². The first-order valence-electron chi connectivity index (χ1n) is 5.40. The molecule has 17 heavy (non-hydrogen) atoms. The first-order valence-corrected chi connectivity index (χ1v) is 5.40. The normalized spacial score (nSPS) is 10.5. The second-order valence-electron chi connectivity index (χ2n) is 4.07. The molecule has 0 radical (unpaired) electrons. The van der Waals surface area contributed by atoms with Crippen LogP contribution in [0.1, 0.15) is 16.9 Å². The SMILES string of the molecule is Cc1occc1CN(C)c1ncnc(N)c1C. The van der Waals surface area contributed by atoms with E-state index in [0.29, 0.717) is 5.82 Å². The summed E-state index contributed by atoms with van der Waals surface area (Å²) in [5, 5.41) is 0. The van der Waals surface area contributed by atoms with Gasteiger partial charge in [-0.05, 0) is 19.9 Å². The number of nitrogen functional groups attached to an aromatic ring is 1. The topological polar surface area (TPSA) is 68.2 Å². The lowest BCUT2D eigenvalue weighted by molar-refractivity contribution is 0.529. The Morgan fingerprint density at radius 1 is 1.35 bits per heavy atom. The fourth-order valence-corrected chi connectivity index (χ4v) is 1.74. The third kappa shape index (κ3) is 2.22. The lowest BCUT2D eigenvalue weighted by atomic mass is 10.2. The molecule has 0 spiro atoms. The van der Waals surface area contributed by atoms with Gasteiger partial charge in [-0.1, -0.05) is 0 Å². The molecule has 2 N–H and O–H groups in total. The third-order valence-electron chi connectivity index (χ3n) is 2.83. The van der Waals surface area contributed by atoms with E-state index in [-0.39, 0.29) is 0 Å². The van der Waals surface area contributed by atoms with Crippen LogP contribution in [-0.4, -0.2) is 17.0 Å². The predicted octanol–water partition coefficient (Wildman–Crippen LogP) is 1.91. The van der Waals surface area contributed by atoms with Crippen molar-refractivity contribution in [3.05, 3.63) is 35.5 Å². The van der Waals surface area contributed by atoms with Gasteiger partial charge in [0.05, 0.1) is 6.26 Å². The van der Waals surface area contributed by atoms with Crippen LogP contribution in [0.25, 0.3) is 0 Å². The summed E-state index contributed by atoms with van der Waals surface area (Å²) in [4.78, 5) is 10.2. The number of furan rings is 1. The fourth-order valence-electron chi connectivity index (χ4n) is 1.74. The van der Waals surface area contributed by atoms with Crippen LogP contribution in [0.4, 0.5) is 11.6 Å². The molecule has 2 rings (SSSR count). The molecule has 0 fully saturated rings. The zero-order chi connectivity index (χ0) is 12.4. The maximum atomic E-state index is 5.77. The summed E-state index contributed by atoms with van der Waals surface area (Å²) in [6.07, 6.45) is 3.18. The molecule has 2 aromatic heterocycles. The maximum absolute atomic E-state index is 5.77. The summed E-state index contributed by atoms with van der Waals surface area (Å²) >= 11 is 0. The molecule has 0 bridgehead atoms. The van der Waals surface area contributed by atoms with Crippen molar-refractivity contribution in [2.24, 2.45) is 0 Å². The standard InChI is InChI=1S/C12H16N4O/c1-8-11(13)14-7-15-12(8)16(3)6-10-4-5-17-9(10)2/h4-5,7H,6H2,1-3H3,(H2,13,14,15). The Morgan fingerprint density at radius 3 is 2.76 bits per heavy atom. The van der Waals surface area contributed by atoms with Crippen LogP contribution < -0.4 is 10.6 Å². The summed E-state index contributed by atoms with van der Waals surface area (Å²) in [6, 6.07) is 1.96. The lowest BCUT2D eigenvalue weighted by Crippen LogP contribution is -2.19. The first kappa shape index (κ1) is 11.4. The fraction of sp³-hybridized carbons (Fsp3) is 0.333. The minimum absolute atomic E-state index is 0.519. The molecule has 5 nitrogen and oxygen atoms in total. The van der Waals surface area contributed by atoms with Crippen molar-refractivity contribution in [3.63, 3.8) is 0 Å². The van der Waals surface area contributed by atoms with Crippen molar-refractivity contribution in [3.8, 4) is 0 Å². The zero-order valence-electron chi connectivity index (χ0n) is 10.3. The molecule has 0 aliphatic rings. The molecule has 5 heteroatoms. The number of aryl methyl sites for hydroxylation is 1. The monoisotopic (exact) mass is 232 g/mol. The van der Waals surface area contributed by atoms with E-state index in [1.807, 2.05) is 31.9 Å². The molecule has 0 amide bonds. The highest BCUT2D eigenvalue weighted by Crippen LogP contribution is 2.21. The van der Waals surface area contributed by atoms with Crippen LogP contribution in [0.15, 0.2) is 23.1 Å². The highest BCUT2D eigenvalue weighted by Gasteiger charge is 2.11. The van der Waals surface area contributed by atoms with E-state index in [9.17, 15) is 0 Å². The van der Waals surface area contributed by atoms with Crippen molar-refractivity contribution < 1.29 is 4.42 Å². The summed E-state index contributed by atoms with van der Waals surface area (Å²) in [6.45, 7) is 4.60. The molecule has 2 heterocycles. The quantitative estimate of drug-likeness (QED) is 0.875. The molecule has 0 saturated carbocycles. The molecule has 0 aromatic carbocycles. The van der Waals surface area contributed by atoms with Gasteiger partial charge in [-0.15, -0.1) is 0 Å². The number of rotatable bonds is 3. The van der Waals surface area contributed by atoms with Crippen molar-refractivity contribution in [1.82, 2.24) is 9.97 Å². The molecule has 0 unspecified atom stereocenters. The second kappa shape index (κ2) is 4.45. The average molecular weight is 232 g/mol. The van der Waals surface area contributed by atoms with E-state index in [1.54, 1.807) is 6.26 Å². The Hall–Kier alpha value is -2.04. The number of aromatic nitrogens is 2. The summed E-state index contributed by atoms with van der Waals surface area (Å²) in [5.41, 5.74) is 7.81. The van der Waals surface area contributed by atoms with Gasteiger partial charge >= 0.3 is 0 Å². The Balaban J connectivity index is 2.23. The molecular weight excluding hydrogens is 216 g/mol. The molecule has 0 aliphatic carbocycles. The Morgan fingerprint density at radius 2 is 2.12 bits per heavy atom. The third-order valence-corrected chi connectivity index (χ3v) is 2.83. The van der Waals surface area contributed by atoms with E-state index in [4.69, 9.17) is 10.2 Å². The number of hydrogen-bond acceptors (Lipinski definition) is 5. The minimum atomic E-state index is 0.519. The number of nitrogens with zero attached hydrogens (tertiary/aromatic N) is 3. The number of nitrogens with two attached hydrogens (primary N) is 1. The number of anilines is 2. The summed E-state index contributed by atoms with van der Waals surface area (Å²) in [7, 11) is 1.97. The highest BCUT2D eigenvalue weighted by molar-refractivity contribution is 5.55. The molecule has 90 valence electrons. The van der Waals surface area contributed by atoms with Crippen molar-refractivity contribution in [1.29, 1.82) is 0 Å². The zero-order valence-corrected chi connectivity index (χ0v) is 10.3. The average Bonchev–Trinajstić information content (AvgIpc) is 2.68. The highest BCUT2D eigenvalue weighted by atomic mass is 16.3. The second-order valence-corrected chi connectivity index (χ2v) is 4.07. The van der Waals surface area contributed by atoms with Crippen LogP contribution in [0.3, 0.4) is 0 Å².